The van der Waals surface area contributed by atoms with E-state index in [0.29, 0.717) is 17.5 Å². The van der Waals surface area contributed by atoms with E-state index >= 15 is 0 Å². The van der Waals surface area contributed by atoms with Crippen LogP contribution in [0.2, 0.25) is 0 Å². The van der Waals surface area contributed by atoms with E-state index in [2.05, 4.69) is 198 Å². The third-order valence-electron chi connectivity index (χ3n) is 14.0. The largest absolute Gasteiger partial charge is 0.456 e. The first kappa shape index (κ1) is 38.9. The highest BCUT2D eigenvalue weighted by molar-refractivity contribution is 6.15. The van der Waals surface area contributed by atoms with E-state index < -0.39 is 0 Å². The number of hydrogen-bond donors (Lipinski definition) is 0. The van der Waals surface area contributed by atoms with Gasteiger partial charge in [-0.2, -0.15) is 0 Å². The quantitative estimate of drug-likeness (QED) is 0.157. The molecule has 65 heavy (non-hydrogen) atoms. The molecule has 0 saturated carbocycles. The molecule has 0 unspecified atom stereocenters. The summed E-state index contributed by atoms with van der Waals surface area (Å²) in [4.78, 5) is 16.2. The fourth-order valence-electron chi connectivity index (χ4n) is 10.3. The molecule has 2 heterocycles. The van der Waals surface area contributed by atoms with Crippen molar-refractivity contribution in [2.75, 3.05) is 0 Å². The van der Waals surface area contributed by atoms with E-state index in [4.69, 9.17) is 19.4 Å². The first-order valence-electron chi connectivity index (χ1n) is 22.7. The van der Waals surface area contributed by atoms with Crippen LogP contribution in [0.4, 0.5) is 0 Å². The van der Waals surface area contributed by atoms with Crippen LogP contribution in [0.25, 0.3) is 111 Å². The maximum Gasteiger partial charge on any atom is 0.164 e. The minimum absolute atomic E-state index is 0.116. The summed E-state index contributed by atoms with van der Waals surface area (Å²) in [6, 6.07) is 67.1. The van der Waals surface area contributed by atoms with Gasteiger partial charge in [0.05, 0.1) is 0 Å². The van der Waals surface area contributed by atoms with Crippen LogP contribution in [0, 0.1) is 0 Å². The van der Waals surface area contributed by atoms with Crippen molar-refractivity contribution in [3.63, 3.8) is 0 Å². The van der Waals surface area contributed by atoms with Gasteiger partial charge in [0.1, 0.15) is 11.2 Å². The maximum absolute atomic E-state index is 6.72. The van der Waals surface area contributed by atoms with Crippen LogP contribution in [0.3, 0.4) is 0 Å². The maximum atomic E-state index is 6.72. The monoisotopic (exact) mass is 837 g/mol. The number of benzene rings is 9. The SMILES string of the molecule is CC1(C)CCC(C)(C)c2cc(-c3cccc(-c4cc(-c5nc(-c6ccc(-c7ccccc7)cc6)nc(-c6cc7ccccc7c7ccccc67)n5)c5c(c4)oc4ccccc45)c3)ccc21. The van der Waals surface area contributed by atoms with Crippen molar-refractivity contribution >= 4 is 43.5 Å². The minimum Gasteiger partial charge on any atom is -0.456 e. The average molecular weight is 838 g/mol. The molecule has 0 fully saturated rings. The van der Waals surface area contributed by atoms with E-state index in [1.807, 2.05) is 18.2 Å². The second-order valence-electron chi connectivity index (χ2n) is 19.0. The Hall–Kier alpha value is -7.69. The lowest BCUT2D eigenvalue weighted by atomic mass is 9.63. The summed E-state index contributed by atoms with van der Waals surface area (Å²) < 4.78 is 6.72. The molecule has 0 saturated heterocycles. The molecule has 1 aliphatic rings. The summed E-state index contributed by atoms with van der Waals surface area (Å²) in [6.45, 7) is 9.56. The summed E-state index contributed by atoms with van der Waals surface area (Å²) in [6.07, 6.45) is 2.37. The summed E-state index contributed by atoms with van der Waals surface area (Å²) in [5.41, 5.74) is 14.4. The van der Waals surface area contributed by atoms with Gasteiger partial charge >= 0.3 is 0 Å². The van der Waals surface area contributed by atoms with Crippen molar-refractivity contribution in [1.29, 1.82) is 0 Å². The van der Waals surface area contributed by atoms with E-state index in [9.17, 15) is 0 Å². The van der Waals surface area contributed by atoms with Gasteiger partial charge < -0.3 is 4.42 Å². The summed E-state index contributed by atoms with van der Waals surface area (Å²) in [7, 11) is 0. The van der Waals surface area contributed by atoms with E-state index in [1.54, 1.807) is 0 Å². The highest BCUT2D eigenvalue weighted by atomic mass is 16.3. The summed E-state index contributed by atoms with van der Waals surface area (Å²) in [5.74, 6) is 1.81. The zero-order valence-electron chi connectivity index (χ0n) is 37.1. The van der Waals surface area contributed by atoms with Crippen molar-refractivity contribution in [2.45, 2.75) is 51.4 Å². The van der Waals surface area contributed by atoms with Crippen molar-refractivity contribution in [3.8, 4) is 67.5 Å². The zero-order chi connectivity index (χ0) is 43.9. The van der Waals surface area contributed by atoms with Gasteiger partial charge in [-0.15, -0.1) is 0 Å². The predicted octanol–water partition coefficient (Wildman–Crippen LogP) is 16.4. The number of nitrogens with zero attached hydrogens (tertiary/aromatic N) is 3. The lowest BCUT2D eigenvalue weighted by Crippen LogP contribution is -2.33. The molecule has 0 bridgehead atoms. The average Bonchev–Trinajstić information content (AvgIpc) is 3.74. The van der Waals surface area contributed by atoms with E-state index in [1.165, 1.54) is 40.5 Å². The van der Waals surface area contributed by atoms with Crippen LogP contribution in [-0.2, 0) is 10.8 Å². The molecule has 0 aliphatic heterocycles. The molecule has 312 valence electrons. The van der Waals surface area contributed by atoms with Gasteiger partial charge in [-0.25, -0.2) is 15.0 Å². The Bertz CT molecular complexity index is 3650. The number of para-hydroxylation sites is 1. The van der Waals surface area contributed by atoms with Crippen LogP contribution >= 0.6 is 0 Å². The fourth-order valence-corrected chi connectivity index (χ4v) is 10.3. The predicted molar refractivity (Wildman–Crippen MR) is 270 cm³/mol. The Kier molecular flexibility index (Phi) is 8.96. The Morgan fingerprint density at radius 3 is 1.69 bits per heavy atom. The van der Waals surface area contributed by atoms with Gasteiger partial charge in [0.15, 0.2) is 17.5 Å². The van der Waals surface area contributed by atoms with Gasteiger partial charge in [0.2, 0.25) is 0 Å². The molecule has 9 aromatic carbocycles. The number of fused-ring (bicyclic) bond motifs is 7. The van der Waals surface area contributed by atoms with Crippen LogP contribution < -0.4 is 0 Å². The standard InChI is InChI=1S/C61H47N3O/c1-60(2)31-32-61(3,4)53-36-43(29-30-52(53)60)41-18-14-19-42(33-41)45-35-51(56-49-23-12-13-24-54(49)65-55(56)37-45)59-63-57(40-27-25-39(26-28-40)38-15-6-5-7-16-38)62-58(64-59)50-34-44-17-8-9-20-46(44)47-21-10-11-22-48(47)50/h5-30,33-37H,31-32H2,1-4H3. The first-order valence-corrected chi connectivity index (χ1v) is 22.7. The number of hydrogen-bond acceptors (Lipinski definition) is 4. The van der Waals surface area contributed by atoms with Gasteiger partial charge in [-0.1, -0.05) is 185 Å². The Morgan fingerprint density at radius 1 is 0.354 bits per heavy atom. The second-order valence-corrected chi connectivity index (χ2v) is 19.0. The molecule has 4 heteroatoms. The Morgan fingerprint density at radius 2 is 0.908 bits per heavy atom. The van der Waals surface area contributed by atoms with Gasteiger partial charge in [-0.3, -0.25) is 0 Å². The lowest BCUT2D eigenvalue weighted by Gasteiger charge is -2.42. The van der Waals surface area contributed by atoms with Crippen LogP contribution in [0.15, 0.2) is 192 Å². The molecule has 1 aliphatic carbocycles. The smallest absolute Gasteiger partial charge is 0.164 e. The minimum atomic E-state index is 0.116. The molecule has 0 atom stereocenters. The van der Waals surface area contributed by atoms with Gasteiger partial charge in [-0.05, 0) is 120 Å². The molecular formula is C61H47N3O. The lowest BCUT2D eigenvalue weighted by molar-refractivity contribution is 0.332. The molecule has 0 amide bonds. The molecule has 12 rings (SSSR count). The summed E-state index contributed by atoms with van der Waals surface area (Å²) in [5, 5.41) is 6.57. The highest BCUT2D eigenvalue weighted by Gasteiger charge is 2.37. The molecule has 0 N–H and O–H groups in total. The van der Waals surface area contributed by atoms with E-state index in [-0.39, 0.29) is 10.8 Å². The molecule has 11 aromatic rings. The number of rotatable bonds is 6. The Labute approximate surface area is 379 Å². The van der Waals surface area contributed by atoms with Crippen molar-refractivity contribution in [2.24, 2.45) is 0 Å². The molecule has 4 nitrogen and oxygen atoms in total. The molecular weight excluding hydrogens is 791 g/mol. The third kappa shape index (κ3) is 6.71. The van der Waals surface area contributed by atoms with Crippen LogP contribution in [0.5, 0.6) is 0 Å². The number of furan rings is 1. The molecule has 0 radical (unpaired) electrons. The molecule has 2 aromatic heterocycles. The second kappa shape index (κ2) is 15.0. The van der Waals surface area contributed by atoms with Crippen LogP contribution in [0.1, 0.15) is 51.7 Å². The normalized spacial score (nSPS) is 14.3. The Balaban J connectivity index is 1.07. The van der Waals surface area contributed by atoms with Crippen molar-refractivity contribution in [1.82, 2.24) is 15.0 Å². The van der Waals surface area contributed by atoms with E-state index in [0.717, 1.165) is 77.0 Å². The third-order valence-corrected chi connectivity index (χ3v) is 14.0. The first-order chi connectivity index (χ1) is 31.7. The fraction of sp³-hybridized carbons (Fsp3) is 0.131. The van der Waals surface area contributed by atoms with Crippen molar-refractivity contribution in [3.05, 3.63) is 199 Å². The highest BCUT2D eigenvalue weighted by Crippen LogP contribution is 2.47. The number of aromatic nitrogens is 3. The topological polar surface area (TPSA) is 51.8 Å². The zero-order valence-corrected chi connectivity index (χ0v) is 37.1. The van der Waals surface area contributed by atoms with Gasteiger partial charge in [0.25, 0.3) is 0 Å². The van der Waals surface area contributed by atoms with Crippen molar-refractivity contribution < 1.29 is 4.42 Å². The van der Waals surface area contributed by atoms with Gasteiger partial charge in [0, 0.05) is 27.5 Å². The summed E-state index contributed by atoms with van der Waals surface area (Å²) >= 11 is 0. The molecule has 0 spiro atoms. The van der Waals surface area contributed by atoms with Crippen LogP contribution in [-0.4, -0.2) is 15.0 Å².